The van der Waals surface area contributed by atoms with E-state index < -0.39 is 36.1 Å². The van der Waals surface area contributed by atoms with E-state index in [-0.39, 0.29) is 23.3 Å². The van der Waals surface area contributed by atoms with Gasteiger partial charge in [0.15, 0.2) is 0 Å². The predicted molar refractivity (Wildman–Crippen MR) is 142 cm³/mol. The minimum Gasteiger partial charge on any atom is -0.352 e. The van der Waals surface area contributed by atoms with Crippen molar-refractivity contribution in [3.8, 4) is 0 Å². The third kappa shape index (κ3) is 9.18. The normalized spacial score (nSPS) is 19.9. The van der Waals surface area contributed by atoms with Crippen LogP contribution in [0.25, 0.3) is 0 Å². The average Bonchev–Trinajstić information content (AvgIpc) is 2.82. The molecule has 4 N–H and O–H groups in total. The van der Waals surface area contributed by atoms with E-state index in [9.17, 15) is 27.6 Å². The van der Waals surface area contributed by atoms with Crippen LogP contribution < -0.4 is 21.3 Å². The first kappa shape index (κ1) is 31.4. The van der Waals surface area contributed by atoms with Gasteiger partial charge in [0, 0.05) is 24.2 Å². The molecule has 0 saturated heterocycles. The lowest BCUT2D eigenvalue weighted by Gasteiger charge is -2.41. The van der Waals surface area contributed by atoms with Crippen LogP contribution in [0.5, 0.6) is 0 Å². The van der Waals surface area contributed by atoms with Crippen molar-refractivity contribution in [1.82, 2.24) is 20.9 Å². The SMILES string of the molecule is CCC[C@@H]1C[C@H](N(C)C(C)C)CC[C@@H]1NC(=O)CNC(=O)c1cc(C(F)(F)F)ccc1NC(=O)NC(C)C. The first-order valence-corrected chi connectivity index (χ1v) is 13.3. The molecule has 1 aliphatic rings. The summed E-state index contributed by atoms with van der Waals surface area (Å²) >= 11 is 0. The molecule has 0 spiro atoms. The van der Waals surface area contributed by atoms with E-state index in [2.05, 4.69) is 54.0 Å². The molecule has 1 aromatic carbocycles. The van der Waals surface area contributed by atoms with Crippen molar-refractivity contribution in [1.29, 1.82) is 0 Å². The molecule has 0 radical (unpaired) electrons. The minimum atomic E-state index is -4.68. The average molecular weight is 542 g/mol. The lowest BCUT2D eigenvalue weighted by molar-refractivity contribution is -0.137. The van der Waals surface area contributed by atoms with E-state index in [4.69, 9.17) is 0 Å². The van der Waals surface area contributed by atoms with Gasteiger partial charge < -0.3 is 26.2 Å². The van der Waals surface area contributed by atoms with Gasteiger partial charge in [-0.3, -0.25) is 9.59 Å². The van der Waals surface area contributed by atoms with Crippen LogP contribution in [-0.4, -0.2) is 60.5 Å². The van der Waals surface area contributed by atoms with Gasteiger partial charge in [0.05, 0.1) is 23.4 Å². The molecular weight excluding hydrogens is 499 g/mol. The Bertz CT molecular complexity index is 968. The smallest absolute Gasteiger partial charge is 0.352 e. The second-order valence-electron chi connectivity index (χ2n) is 10.6. The summed E-state index contributed by atoms with van der Waals surface area (Å²) in [5.74, 6) is -0.990. The van der Waals surface area contributed by atoms with Crippen LogP contribution in [0.4, 0.5) is 23.7 Å². The number of halogens is 3. The van der Waals surface area contributed by atoms with Crippen molar-refractivity contribution in [3.63, 3.8) is 0 Å². The molecule has 0 aromatic heterocycles. The van der Waals surface area contributed by atoms with Crippen molar-refractivity contribution in [2.75, 3.05) is 18.9 Å². The van der Waals surface area contributed by atoms with Crippen LogP contribution in [0, 0.1) is 5.92 Å². The Morgan fingerprint density at radius 2 is 1.79 bits per heavy atom. The standard InChI is InChI=1S/C27H42F3N5O3/c1-7-8-18-13-20(35(6)17(4)5)10-12-22(18)33-24(36)15-31-25(37)21-14-19(27(28,29)30)9-11-23(21)34-26(38)32-16(2)3/h9,11,14,16-18,20,22H,7-8,10,12-13,15H2,1-6H3,(H,31,37)(H,33,36)(H2,32,34,38)/t18-,20-,22+/m1/s1. The number of nitrogens with zero attached hydrogens (tertiary/aromatic N) is 1. The maximum Gasteiger partial charge on any atom is 0.416 e. The van der Waals surface area contributed by atoms with Gasteiger partial charge in [-0.1, -0.05) is 13.3 Å². The van der Waals surface area contributed by atoms with Crippen LogP contribution in [0.2, 0.25) is 0 Å². The molecular formula is C27H42F3N5O3. The van der Waals surface area contributed by atoms with E-state index in [0.29, 0.717) is 24.1 Å². The predicted octanol–water partition coefficient (Wildman–Crippen LogP) is 4.76. The fourth-order valence-corrected chi connectivity index (χ4v) is 4.86. The van der Waals surface area contributed by atoms with Gasteiger partial charge >= 0.3 is 12.2 Å². The Morgan fingerprint density at radius 3 is 2.37 bits per heavy atom. The molecule has 214 valence electrons. The molecule has 3 atom stereocenters. The largest absolute Gasteiger partial charge is 0.416 e. The maximum absolute atomic E-state index is 13.3. The molecule has 8 nitrogen and oxygen atoms in total. The molecule has 1 saturated carbocycles. The number of carbonyl (C=O) groups is 3. The van der Waals surface area contributed by atoms with E-state index in [1.807, 2.05) is 0 Å². The summed E-state index contributed by atoms with van der Waals surface area (Å²) in [6.45, 7) is 9.48. The molecule has 1 fully saturated rings. The molecule has 2 rings (SSSR count). The van der Waals surface area contributed by atoms with Crippen molar-refractivity contribution in [2.45, 2.75) is 97.1 Å². The Morgan fingerprint density at radius 1 is 1.11 bits per heavy atom. The maximum atomic E-state index is 13.3. The molecule has 11 heteroatoms. The van der Waals surface area contributed by atoms with E-state index in [0.717, 1.165) is 44.2 Å². The molecule has 0 aliphatic heterocycles. The summed E-state index contributed by atoms with van der Waals surface area (Å²) in [7, 11) is 2.12. The number of carbonyl (C=O) groups excluding carboxylic acids is 3. The second kappa shape index (κ2) is 13.8. The Kier molecular flexibility index (Phi) is 11.4. The number of hydrogen-bond donors (Lipinski definition) is 4. The molecule has 0 unspecified atom stereocenters. The highest BCUT2D eigenvalue weighted by Crippen LogP contribution is 2.33. The van der Waals surface area contributed by atoms with Gasteiger partial charge in [-0.25, -0.2) is 4.79 Å². The van der Waals surface area contributed by atoms with Gasteiger partial charge in [0.1, 0.15) is 0 Å². The Labute approximate surface area is 223 Å². The van der Waals surface area contributed by atoms with Gasteiger partial charge in [-0.2, -0.15) is 13.2 Å². The fraction of sp³-hybridized carbons (Fsp3) is 0.667. The number of urea groups is 1. The summed E-state index contributed by atoms with van der Waals surface area (Å²) in [4.78, 5) is 40.1. The van der Waals surface area contributed by atoms with Crippen LogP contribution in [-0.2, 0) is 11.0 Å². The van der Waals surface area contributed by atoms with Gasteiger partial charge in [-0.15, -0.1) is 0 Å². The topological polar surface area (TPSA) is 103 Å². The van der Waals surface area contributed by atoms with Crippen molar-refractivity contribution < 1.29 is 27.6 Å². The highest BCUT2D eigenvalue weighted by molar-refractivity contribution is 6.04. The number of amides is 4. The third-order valence-electron chi connectivity index (χ3n) is 7.02. The van der Waals surface area contributed by atoms with Crippen LogP contribution in [0.1, 0.15) is 82.6 Å². The van der Waals surface area contributed by atoms with Crippen LogP contribution >= 0.6 is 0 Å². The Balaban J connectivity index is 2.08. The quantitative estimate of drug-likeness (QED) is 0.343. The second-order valence-corrected chi connectivity index (χ2v) is 10.6. The summed E-state index contributed by atoms with van der Waals surface area (Å²) in [5.41, 5.74) is -1.51. The van der Waals surface area contributed by atoms with E-state index >= 15 is 0 Å². The van der Waals surface area contributed by atoms with Crippen molar-refractivity contribution >= 4 is 23.5 Å². The highest BCUT2D eigenvalue weighted by atomic mass is 19.4. The number of hydrogen-bond acceptors (Lipinski definition) is 4. The summed E-state index contributed by atoms with van der Waals surface area (Å²) in [5, 5.41) is 10.4. The third-order valence-corrected chi connectivity index (χ3v) is 7.02. The molecule has 38 heavy (non-hydrogen) atoms. The minimum absolute atomic E-state index is 0.0262. The first-order chi connectivity index (χ1) is 17.7. The Hall–Kier alpha value is -2.82. The van der Waals surface area contributed by atoms with Crippen molar-refractivity contribution in [3.05, 3.63) is 29.3 Å². The molecule has 1 aromatic rings. The van der Waals surface area contributed by atoms with Gasteiger partial charge in [0.25, 0.3) is 5.91 Å². The molecule has 0 heterocycles. The van der Waals surface area contributed by atoms with Gasteiger partial charge in [0.2, 0.25) is 5.91 Å². The fourth-order valence-electron chi connectivity index (χ4n) is 4.86. The van der Waals surface area contributed by atoms with E-state index in [1.165, 1.54) is 0 Å². The zero-order valence-electron chi connectivity index (χ0n) is 23.2. The highest BCUT2D eigenvalue weighted by Gasteiger charge is 2.34. The molecule has 4 amide bonds. The lowest BCUT2D eigenvalue weighted by atomic mass is 9.78. The number of alkyl halides is 3. The van der Waals surface area contributed by atoms with Crippen LogP contribution in [0.3, 0.4) is 0 Å². The first-order valence-electron chi connectivity index (χ1n) is 13.3. The number of benzene rings is 1. The van der Waals surface area contributed by atoms with Crippen LogP contribution in [0.15, 0.2) is 18.2 Å². The number of anilines is 1. The molecule has 1 aliphatic carbocycles. The lowest BCUT2D eigenvalue weighted by Crippen LogP contribution is -2.51. The van der Waals surface area contributed by atoms with Crippen molar-refractivity contribution in [2.24, 2.45) is 5.92 Å². The molecule has 0 bridgehead atoms. The summed E-state index contributed by atoms with van der Waals surface area (Å²) in [6.07, 6.45) is 0.0150. The number of nitrogens with one attached hydrogen (secondary N) is 4. The zero-order chi connectivity index (χ0) is 28.6. The summed E-state index contributed by atoms with van der Waals surface area (Å²) < 4.78 is 39.9. The summed E-state index contributed by atoms with van der Waals surface area (Å²) in [6, 6.07) is 2.45. The van der Waals surface area contributed by atoms with Gasteiger partial charge in [-0.05, 0) is 84.5 Å². The number of rotatable bonds is 10. The monoisotopic (exact) mass is 541 g/mol. The van der Waals surface area contributed by atoms with E-state index in [1.54, 1.807) is 13.8 Å². The zero-order valence-corrected chi connectivity index (χ0v) is 23.2.